The van der Waals surface area contributed by atoms with Crippen LogP contribution in [0.15, 0.2) is 0 Å². The van der Waals surface area contributed by atoms with Crippen molar-refractivity contribution in [2.75, 3.05) is 25.5 Å². The van der Waals surface area contributed by atoms with Gasteiger partial charge in [-0.3, -0.25) is 4.90 Å². The van der Waals surface area contributed by atoms with Gasteiger partial charge in [0.2, 0.25) is 0 Å². The molecule has 0 spiro atoms. The molecule has 3 heteroatoms. The first kappa shape index (κ1) is 13.3. The summed E-state index contributed by atoms with van der Waals surface area (Å²) in [6.07, 6.45) is 5.92. The second-order valence-corrected chi connectivity index (χ2v) is 4.85. The number of rotatable bonds is 6. The molecule has 0 aromatic heterocycles. The van der Waals surface area contributed by atoms with E-state index in [1.807, 2.05) is 0 Å². The summed E-state index contributed by atoms with van der Waals surface area (Å²) in [5, 5.41) is 0. The first-order valence-electron chi connectivity index (χ1n) is 6.20. The number of nitrogens with zero attached hydrogens (tertiary/aromatic N) is 1. The van der Waals surface area contributed by atoms with Crippen molar-refractivity contribution in [3.63, 3.8) is 0 Å². The third-order valence-corrected chi connectivity index (χ3v) is 3.25. The van der Waals surface area contributed by atoms with E-state index in [-0.39, 0.29) is 6.10 Å². The van der Waals surface area contributed by atoms with E-state index < -0.39 is 0 Å². The van der Waals surface area contributed by atoms with Crippen LogP contribution in [0, 0.1) is 0 Å². The molecule has 1 aliphatic heterocycles. The minimum Gasteiger partial charge on any atom is -0.371 e. The van der Waals surface area contributed by atoms with Gasteiger partial charge in [-0.2, -0.15) is 0 Å². The molecule has 0 N–H and O–H groups in total. The van der Waals surface area contributed by atoms with E-state index in [1.54, 1.807) is 0 Å². The average Bonchev–Trinajstić information content (AvgIpc) is 2.23. The second-order valence-electron chi connectivity index (χ2n) is 4.54. The summed E-state index contributed by atoms with van der Waals surface area (Å²) < 4.78 is 5.72. The Balaban J connectivity index is 2.16. The molecule has 0 bridgehead atoms. The first-order chi connectivity index (χ1) is 7.26. The fourth-order valence-corrected chi connectivity index (χ4v) is 2.34. The van der Waals surface area contributed by atoms with Gasteiger partial charge in [0.25, 0.3) is 0 Å². The van der Waals surface area contributed by atoms with Crippen molar-refractivity contribution in [3.8, 4) is 0 Å². The molecule has 1 saturated heterocycles. The molecule has 1 heterocycles. The summed E-state index contributed by atoms with van der Waals surface area (Å²) in [5.41, 5.74) is 0. The number of hydrogen-bond donors (Lipinski definition) is 0. The number of alkyl halides is 1. The van der Waals surface area contributed by atoms with Crippen molar-refractivity contribution in [2.45, 2.75) is 51.7 Å². The molecule has 1 aliphatic rings. The van der Waals surface area contributed by atoms with Gasteiger partial charge in [0.1, 0.15) is 0 Å². The van der Waals surface area contributed by atoms with Gasteiger partial charge in [0.15, 0.2) is 0 Å². The summed E-state index contributed by atoms with van der Waals surface area (Å²) in [6, 6.07) is 0. The summed E-state index contributed by atoms with van der Waals surface area (Å²) in [7, 11) is 0. The SMILES string of the molecule is CCCCCCN1CC(C)OC(CCl)C1. The van der Waals surface area contributed by atoms with Crippen LogP contribution in [0.4, 0.5) is 0 Å². The molecule has 0 amide bonds. The Morgan fingerprint density at radius 3 is 2.73 bits per heavy atom. The van der Waals surface area contributed by atoms with Crippen molar-refractivity contribution in [1.29, 1.82) is 0 Å². The molecule has 1 rings (SSSR count). The second kappa shape index (κ2) is 7.48. The Hall–Kier alpha value is 0.210. The predicted molar refractivity (Wildman–Crippen MR) is 65.6 cm³/mol. The van der Waals surface area contributed by atoms with Gasteiger partial charge in [0.05, 0.1) is 12.2 Å². The molecule has 90 valence electrons. The maximum Gasteiger partial charge on any atom is 0.0841 e. The van der Waals surface area contributed by atoms with E-state index in [4.69, 9.17) is 16.3 Å². The number of ether oxygens (including phenoxy) is 1. The predicted octanol–water partition coefficient (Wildman–Crippen LogP) is 2.89. The standard InChI is InChI=1S/C12H24ClNO/c1-3-4-5-6-7-14-9-11(2)15-12(8-13)10-14/h11-12H,3-10H2,1-2H3. The van der Waals surface area contributed by atoms with Crippen molar-refractivity contribution in [3.05, 3.63) is 0 Å². The highest BCUT2D eigenvalue weighted by molar-refractivity contribution is 6.18. The normalized spacial score (nSPS) is 28.2. The average molecular weight is 234 g/mol. The third kappa shape index (κ3) is 5.19. The van der Waals surface area contributed by atoms with Crippen molar-refractivity contribution in [2.24, 2.45) is 0 Å². The first-order valence-corrected chi connectivity index (χ1v) is 6.73. The number of hydrogen-bond acceptors (Lipinski definition) is 2. The molecule has 1 fully saturated rings. The van der Waals surface area contributed by atoms with Crippen LogP contribution in [0.2, 0.25) is 0 Å². The van der Waals surface area contributed by atoms with Gasteiger partial charge >= 0.3 is 0 Å². The zero-order valence-electron chi connectivity index (χ0n) is 10.0. The van der Waals surface area contributed by atoms with Gasteiger partial charge in [-0.25, -0.2) is 0 Å². The summed E-state index contributed by atoms with van der Waals surface area (Å²) in [5.74, 6) is 0.621. The fourth-order valence-electron chi connectivity index (χ4n) is 2.17. The van der Waals surface area contributed by atoms with Crippen LogP contribution >= 0.6 is 11.6 Å². The molecule has 0 radical (unpaired) electrons. The van der Waals surface area contributed by atoms with Gasteiger partial charge in [-0.15, -0.1) is 11.6 Å². The molecule has 0 aromatic carbocycles. The quantitative estimate of drug-likeness (QED) is 0.517. The molecule has 15 heavy (non-hydrogen) atoms. The highest BCUT2D eigenvalue weighted by Gasteiger charge is 2.23. The summed E-state index contributed by atoms with van der Waals surface area (Å²) in [4.78, 5) is 2.50. The van der Waals surface area contributed by atoms with Crippen LogP contribution in [0.5, 0.6) is 0 Å². The number of morpholine rings is 1. The number of unbranched alkanes of at least 4 members (excludes halogenated alkanes) is 3. The van der Waals surface area contributed by atoms with E-state index in [9.17, 15) is 0 Å². The molecular weight excluding hydrogens is 210 g/mol. The summed E-state index contributed by atoms with van der Waals surface area (Å²) in [6.45, 7) is 7.68. The van der Waals surface area contributed by atoms with Gasteiger partial charge < -0.3 is 4.74 Å². The van der Waals surface area contributed by atoms with Crippen LogP contribution in [-0.4, -0.2) is 42.6 Å². The third-order valence-electron chi connectivity index (χ3n) is 2.90. The Morgan fingerprint density at radius 2 is 2.07 bits per heavy atom. The minimum absolute atomic E-state index is 0.238. The van der Waals surface area contributed by atoms with Gasteiger partial charge in [0, 0.05) is 19.0 Å². The zero-order valence-corrected chi connectivity index (χ0v) is 10.8. The van der Waals surface area contributed by atoms with Gasteiger partial charge in [-0.05, 0) is 19.9 Å². The van der Waals surface area contributed by atoms with E-state index in [1.165, 1.54) is 32.2 Å². The monoisotopic (exact) mass is 233 g/mol. The molecular formula is C12H24ClNO. The minimum atomic E-state index is 0.238. The van der Waals surface area contributed by atoms with E-state index in [2.05, 4.69) is 18.7 Å². The summed E-state index contributed by atoms with van der Waals surface area (Å²) >= 11 is 5.84. The van der Waals surface area contributed by atoms with Crippen molar-refractivity contribution >= 4 is 11.6 Å². The van der Waals surface area contributed by atoms with Crippen molar-refractivity contribution in [1.82, 2.24) is 4.90 Å². The van der Waals surface area contributed by atoms with Crippen molar-refractivity contribution < 1.29 is 4.74 Å². The Labute approximate surface area is 98.9 Å². The maximum absolute atomic E-state index is 5.84. The molecule has 0 aliphatic carbocycles. The largest absolute Gasteiger partial charge is 0.371 e. The van der Waals surface area contributed by atoms with E-state index in [0.717, 1.165) is 13.1 Å². The smallest absolute Gasteiger partial charge is 0.0841 e. The molecule has 2 atom stereocenters. The van der Waals surface area contributed by atoms with Crippen LogP contribution < -0.4 is 0 Å². The zero-order chi connectivity index (χ0) is 11.1. The Bertz CT molecular complexity index is 166. The van der Waals surface area contributed by atoms with E-state index >= 15 is 0 Å². The fraction of sp³-hybridized carbons (Fsp3) is 1.00. The molecule has 0 saturated carbocycles. The van der Waals surface area contributed by atoms with Crippen LogP contribution in [0.3, 0.4) is 0 Å². The van der Waals surface area contributed by atoms with Gasteiger partial charge in [-0.1, -0.05) is 26.2 Å². The lowest BCUT2D eigenvalue weighted by Crippen LogP contribution is -2.47. The Kier molecular flexibility index (Phi) is 6.62. The molecule has 2 nitrogen and oxygen atoms in total. The van der Waals surface area contributed by atoms with E-state index in [0.29, 0.717) is 12.0 Å². The lowest BCUT2D eigenvalue weighted by atomic mass is 10.1. The topological polar surface area (TPSA) is 12.5 Å². The molecule has 2 unspecified atom stereocenters. The highest BCUT2D eigenvalue weighted by atomic mass is 35.5. The van der Waals surface area contributed by atoms with Crippen LogP contribution in [0.25, 0.3) is 0 Å². The maximum atomic E-state index is 5.84. The van der Waals surface area contributed by atoms with Crippen LogP contribution in [-0.2, 0) is 4.74 Å². The highest BCUT2D eigenvalue weighted by Crippen LogP contribution is 2.13. The lowest BCUT2D eigenvalue weighted by molar-refractivity contribution is -0.0665. The lowest BCUT2D eigenvalue weighted by Gasteiger charge is -2.36. The number of halogens is 1. The molecule has 0 aromatic rings. The van der Waals surface area contributed by atoms with Crippen LogP contribution in [0.1, 0.15) is 39.5 Å². The Morgan fingerprint density at radius 1 is 1.27 bits per heavy atom.